The molecule has 0 spiro atoms. The molecule has 0 aliphatic carbocycles. The van der Waals surface area contributed by atoms with Gasteiger partial charge in [0, 0.05) is 6.42 Å². The van der Waals surface area contributed by atoms with Gasteiger partial charge in [0.25, 0.3) is 0 Å². The van der Waals surface area contributed by atoms with Gasteiger partial charge in [0.2, 0.25) is 0 Å². The molecule has 1 atom stereocenters. The lowest BCUT2D eigenvalue weighted by molar-refractivity contribution is -0.873. The highest BCUT2D eigenvalue weighted by molar-refractivity contribution is 5.72. The molecule has 0 aromatic rings. The van der Waals surface area contributed by atoms with Crippen LogP contribution in [0.1, 0.15) is 200 Å². The van der Waals surface area contributed by atoms with Crippen LogP contribution in [-0.4, -0.2) is 56.8 Å². The van der Waals surface area contributed by atoms with E-state index < -0.39 is 6.10 Å². The Hall–Kier alpha value is -1.62. The first-order valence-corrected chi connectivity index (χ1v) is 20.7. The highest BCUT2D eigenvalue weighted by Gasteiger charge is 2.25. The highest BCUT2D eigenvalue weighted by atomic mass is 16.6. The van der Waals surface area contributed by atoms with Crippen LogP contribution in [0, 0.1) is 0 Å². The molecule has 0 amide bonds. The molecule has 0 saturated heterocycles. The minimum absolute atomic E-state index is 0.139. The van der Waals surface area contributed by atoms with Crippen LogP contribution in [0.2, 0.25) is 0 Å². The molecule has 48 heavy (non-hydrogen) atoms. The van der Waals surface area contributed by atoms with Crippen molar-refractivity contribution in [3.8, 4) is 0 Å². The van der Waals surface area contributed by atoms with Crippen LogP contribution in [0.25, 0.3) is 0 Å². The molecule has 0 saturated carbocycles. The zero-order valence-electron chi connectivity index (χ0n) is 32.9. The Bertz CT molecular complexity index is 769. The van der Waals surface area contributed by atoms with Crippen molar-refractivity contribution in [3.05, 3.63) is 24.3 Å². The zero-order chi connectivity index (χ0) is 35.4. The molecule has 0 aromatic heterocycles. The number of unbranched alkanes of at least 4 members (excludes halogenated alkanes) is 23. The lowest BCUT2D eigenvalue weighted by Crippen LogP contribution is -2.44. The number of nitrogens with zero attached hydrogens (tertiary/aromatic N) is 1. The van der Waals surface area contributed by atoms with Gasteiger partial charge in [-0.1, -0.05) is 147 Å². The number of hydrogen-bond acceptors (Lipinski definition) is 4. The van der Waals surface area contributed by atoms with E-state index in [-0.39, 0.29) is 18.4 Å². The van der Waals surface area contributed by atoms with Crippen LogP contribution in [0.4, 0.5) is 0 Å². The molecule has 0 bridgehead atoms. The fraction of sp³-hybridized carbons (Fsp3) is 0.860. The number of ether oxygens (including phenoxy) is 2. The number of allylic oxidation sites excluding steroid dienone is 4. The quantitative estimate of drug-likeness (QED) is 0.0287. The van der Waals surface area contributed by atoms with Crippen LogP contribution in [0.15, 0.2) is 24.3 Å². The Kier molecular flexibility index (Phi) is 34.0. The van der Waals surface area contributed by atoms with Crippen molar-refractivity contribution in [1.82, 2.24) is 0 Å². The first kappa shape index (κ1) is 46.4. The Morgan fingerprint density at radius 1 is 0.500 bits per heavy atom. The van der Waals surface area contributed by atoms with Gasteiger partial charge in [-0.15, -0.1) is 0 Å². The molecule has 0 heterocycles. The minimum atomic E-state index is -0.437. The van der Waals surface area contributed by atoms with Crippen LogP contribution in [0.5, 0.6) is 0 Å². The summed E-state index contributed by atoms with van der Waals surface area (Å²) in [5.41, 5.74) is 0. The van der Waals surface area contributed by atoms with Crippen molar-refractivity contribution in [1.29, 1.82) is 0 Å². The monoisotopic (exact) mass is 677 g/mol. The molecule has 0 fully saturated rings. The van der Waals surface area contributed by atoms with Gasteiger partial charge in [0.1, 0.15) is 6.54 Å². The van der Waals surface area contributed by atoms with Gasteiger partial charge in [0.15, 0.2) is 6.10 Å². The van der Waals surface area contributed by atoms with E-state index in [2.05, 4.69) is 59.3 Å². The number of likely N-dealkylation sites (N-methyl/N-ethyl adjacent to an activating group) is 1. The third-order valence-corrected chi connectivity index (χ3v) is 9.01. The number of carbonyl (C=O) groups is 2. The summed E-state index contributed by atoms with van der Waals surface area (Å²) in [6.45, 7) is 5.59. The lowest BCUT2D eigenvalue weighted by atomic mass is 10.1. The predicted octanol–water partition coefficient (Wildman–Crippen LogP) is 12.6. The molecule has 282 valence electrons. The van der Waals surface area contributed by atoms with Crippen LogP contribution >= 0.6 is 0 Å². The Labute approximate surface area is 299 Å². The fourth-order valence-electron chi connectivity index (χ4n) is 6.12. The second-order valence-corrected chi connectivity index (χ2v) is 15.3. The average molecular weight is 677 g/mol. The lowest BCUT2D eigenvalue weighted by Gasteiger charge is -2.28. The highest BCUT2D eigenvalue weighted by Crippen LogP contribution is 2.14. The number of quaternary nitrogens is 1. The van der Waals surface area contributed by atoms with E-state index in [1.54, 1.807) is 0 Å². The fourth-order valence-corrected chi connectivity index (χ4v) is 6.12. The van der Waals surface area contributed by atoms with Crippen molar-refractivity contribution in [3.63, 3.8) is 0 Å². The van der Waals surface area contributed by atoms with Crippen molar-refractivity contribution in [2.24, 2.45) is 0 Å². The summed E-state index contributed by atoms with van der Waals surface area (Å²) in [5, 5.41) is 0. The molecule has 5 heteroatoms. The summed E-state index contributed by atoms with van der Waals surface area (Å²) in [7, 11) is 6.17. The van der Waals surface area contributed by atoms with E-state index in [1.165, 1.54) is 135 Å². The molecule has 5 nitrogen and oxygen atoms in total. The number of esters is 2. The van der Waals surface area contributed by atoms with Gasteiger partial charge in [-0.25, -0.2) is 0 Å². The molecule has 0 rings (SSSR count). The molecule has 0 aliphatic rings. The summed E-state index contributed by atoms with van der Waals surface area (Å²) in [4.78, 5) is 25.1. The first-order chi connectivity index (χ1) is 23.3. The van der Waals surface area contributed by atoms with E-state index >= 15 is 0 Å². The SMILES string of the molecule is CCCCCCCC/C=C\CCCCCCCCOC(=O)C[C@H](C[N+](C)(C)C)OC(=O)CCCCCCC/C=C\CCCCCCCC. The summed E-state index contributed by atoms with van der Waals surface area (Å²) in [6, 6.07) is 0. The maximum Gasteiger partial charge on any atom is 0.309 e. The number of hydrogen-bond donors (Lipinski definition) is 0. The van der Waals surface area contributed by atoms with Gasteiger partial charge < -0.3 is 14.0 Å². The summed E-state index contributed by atoms with van der Waals surface area (Å²) in [5.74, 6) is -0.442. The van der Waals surface area contributed by atoms with Crippen molar-refractivity contribution in [2.75, 3.05) is 34.3 Å². The van der Waals surface area contributed by atoms with Gasteiger partial charge in [-0.2, -0.15) is 0 Å². The molecule has 0 aromatic carbocycles. The van der Waals surface area contributed by atoms with Crippen LogP contribution in [-0.2, 0) is 19.1 Å². The molecule has 0 radical (unpaired) electrons. The Morgan fingerprint density at radius 2 is 0.875 bits per heavy atom. The summed E-state index contributed by atoms with van der Waals surface area (Å²) >= 11 is 0. The smallest absolute Gasteiger partial charge is 0.309 e. The maximum atomic E-state index is 12.6. The number of rotatable bonds is 36. The van der Waals surface area contributed by atoms with Gasteiger partial charge in [-0.05, 0) is 64.2 Å². The predicted molar refractivity (Wildman–Crippen MR) is 207 cm³/mol. The summed E-state index contributed by atoms with van der Waals surface area (Å²) < 4.78 is 11.9. The van der Waals surface area contributed by atoms with Gasteiger partial charge >= 0.3 is 11.9 Å². The molecular weight excluding hydrogens is 594 g/mol. The normalized spacial score (nSPS) is 12.7. The largest absolute Gasteiger partial charge is 0.466 e. The second-order valence-electron chi connectivity index (χ2n) is 15.3. The third-order valence-electron chi connectivity index (χ3n) is 9.01. The molecule has 0 N–H and O–H groups in total. The minimum Gasteiger partial charge on any atom is -0.466 e. The van der Waals surface area contributed by atoms with Crippen molar-refractivity contribution in [2.45, 2.75) is 206 Å². The topological polar surface area (TPSA) is 52.6 Å². The zero-order valence-corrected chi connectivity index (χ0v) is 32.9. The van der Waals surface area contributed by atoms with E-state index in [0.29, 0.717) is 24.1 Å². The van der Waals surface area contributed by atoms with Gasteiger partial charge in [-0.3, -0.25) is 9.59 Å². The molecule has 0 unspecified atom stereocenters. The van der Waals surface area contributed by atoms with Crippen LogP contribution in [0.3, 0.4) is 0 Å². The van der Waals surface area contributed by atoms with Gasteiger partial charge in [0.05, 0.1) is 34.2 Å². The van der Waals surface area contributed by atoms with E-state index in [0.717, 1.165) is 38.5 Å². The molecule has 0 aliphatic heterocycles. The maximum absolute atomic E-state index is 12.6. The number of carbonyl (C=O) groups excluding carboxylic acids is 2. The van der Waals surface area contributed by atoms with E-state index in [4.69, 9.17) is 9.47 Å². The Balaban J connectivity index is 3.88. The van der Waals surface area contributed by atoms with E-state index in [1.807, 2.05) is 0 Å². The second kappa shape index (κ2) is 35.2. The van der Waals surface area contributed by atoms with Crippen molar-refractivity contribution >= 4 is 11.9 Å². The molecular formula is C43H82NO4+. The van der Waals surface area contributed by atoms with Crippen molar-refractivity contribution < 1.29 is 23.5 Å². The summed E-state index contributed by atoms with van der Waals surface area (Å²) in [6.07, 6.45) is 43.3. The Morgan fingerprint density at radius 3 is 1.29 bits per heavy atom. The standard InChI is InChI=1S/C43H82NO4/c1-6-8-10-12-14-16-18-20-22-24-26-28-30-32-34-36-38-47-43(46)39-41(40-44(3,4)5)48-42(45)37-35-33-31-29-27-25-23-21-19-17-15-13-11-9-7-2/h20-23,41H,6-19,24-40H2,1-5H3/q+1/b22-20-,23-21-/t41-/m1/s1. The van der Waals surface area contributed by atoms with E-state index in [9.17, 15) is 9.59 Å². The average Bonchev–Trinajstić information content (AvgIpc) is 3.03. The first-order valence-electron chi connectivity index (χ1n) is 20.7. The van der Waals surface area contributed by atoms with Crippen LogP contribution < -0.4 is 0 Å². The third kappa shape index (κ3) is 37.2.